The standard InChI is InChI=1S/C23H21BrN4O2/c1-15-3-8-20(11-16(15)2)26-27-21-9-10-22(29)18(13-21)14-25-28-23(30)12-17-4-6-19(24)7-5-17/h3-11,13-14,29H,12H2,1-2H3,(H,28,30)/b25-14+,27-26?. The molecule has 0 bridgehead atoms. The first-order chi connectivity index (χ1) is 14.4. The van der Waals surface area contributed by atoms with Gasteiger partial charge in [0.2, 0.25) is 5.91 Å². The molecule has 3 aromatic carbocycles. The molecule has 0 spiro atoms. The molecule has 3 rings (SSSR count). The number of hydrogen-bond donors (Lipinski definition) is 2. The van der Waals surface area contributed by atoms with Crippen molar-refractivity contribution in [3.8, 4) is 5.75 Å². The molecule has 0 heterocycles. The molecule has 0 fully saturated rings. The van der Waals surface area contributed by atoms with E-state index < -0.39 is 0 Å². The number of halogens is 1. The molecule has 30 heavy (non-hydrogen) atoms. The Morgan fingerprint density at radius 2 is 1.63 bits per heavy atom. The number of carbonyl (C=O) groups is 1. The van der Waals surface area contributed by atoms with Crippen LogP contribution in [0.15, 0.2) is 80.5 Å². The number of phenolic OH excluding ortho intramolecular Hbond substituents is 1. The van der Waals surface area contributed by atoms with Crippen molar-refractivity contribution in [2.24, 2.45) is 15.3 Å². The van der Waals surface area contributed by atoms with Crippen molar-refractivity contribution in [3.05, 3.63) is 87.4 Å². The van der Waals surface area contributed by atoms with Gasteiger partial charge in [0, 0.05) is 10.0 Å². The summed E-state index contributed by atoms with van der Waals surface area (Å²) in [5, 5.41) is 22.4. The van der Waals surface area contributed by atoms with Crippen LogP contribution in [0.25, 0.3) is 0 Å². The van der Waals surface area contributed by atoms with Gasteiger partial charge in [-0.05, 0) is 73.0 Å². The van der Waals surface area contributed by atoms with E-state index in [0.717, 1.165) is 21.3 Å². The van der Waals surface area contributed by atoms with Crippen molar-refractivity contribution in [2.45, 2.75) is 20.3 Å². The minimum absolute atomic E-state index is 0.0334. The van der Waals surface area contributed by atoms with Crippen LogP contribution in [0.5, 0.6) is 5.75 Å². The average Bonchev–Trinajstić information content (AvgIpc) is 2.72. The molecule has 0 aliphatic heterocycles. The molecule has 3 aromatic rings. The Bertz CT molecular complexity index is 1110. The molecular formula is C23H21BrN4O2. The fourth-order valence-corrected chi connectivity index (χ4v) is 2.88. The van der Waals surface area contributed by atoms with E-state index in [0.29, 0.717) is 11.3 Å². The lowest BCUT2D eigenvalue weighted by atomic mass is 10.1. The van der Waals surface area contributed by atoms with Crippen molar-refractivity contribution in [1.82, 2.24) is 5.43 Å². The molecule has 7 heteroatoms. The van der Waals surface area contributed by atoms with E-state index >= 15 is 0 Å². The molecular weight excluding hydrogens is 444 g/mol. The monoisotopic (exact) mass is 464 g/mol. The van der Waals surface area contributed by atoms with Crippen LogP contribution in [0, 0.1) is 13.8 Å². The van der Waals surface area contributed by atoms with Gasteiger partial charge in [-0.25, -0.2) is 5.43 Å². The minimum atomic E-state index is -0.251. The Morgan fingerprint density at radius 1 is 0.967 bits per heavy atom. The molecule has 0 aliphatic carbocycles. The van der Waals surface area contributed by atoms with E-state index in [-0.39, 0.29) is 18.1 Å². The van der Waals surface area contributed by atoms with E-state index in [2.05, 4.69) is 36.7 Å². The molecule has 0 aromatic heterocycles. The quantitative estimate of drug-likeness (QED) is 0.271. The fraction of sp³-hybridized carbons (Fsp3) is 0.130. The van der Waals surface area contributed by atoms with Gasteiger partial charge in [0.15, 0.2) is 0 Å². The molecule has 0 atom stereocenters. The third kappa shape index (κ3) is 6.09. The van der Waals surface area contributed by atoms with Crippen LogP contribution in [0.3, 0.4) is 0 Å². The molecule has 0 saturated carbocycles. The third-order valence-electron chi connectivity index (χ3n) is 4.45. The average molecular weight is 465 g/mol. The lowest BCUT2D eigenvalue weighted by molar-refractivity contribution is -0.120. The summed E-state index contributed by atoms with van der Waals surface area (Å²) in [5.74, 6) is -0.218. The van der Waals surface area contributed by atoms with Crippen molar-refractivity contribution >= 4 is 39.4 Å². The number of hydrogen-bond acceptors (Lipinski definition) is 5. The molecule has 0 unspecified atom stereocenters. The zero-order valence-corrected chi connectivity index (χ0v) is 18.2. The predicted octanol–water partition coefficient (Wildman–Crippen LogP) is 5.88. The minimum Gasteiger partial charge on any atom is -0.507 e. The first-order valence-electron chi connectivity index (χ1n) is 9.29. The maximum absolute atomic E-state index is 12.0. The number of phenols is 1. The Labute approximate surface area is 183 Å². The zero-order valence-electron chi connectivity index (χ0n) is 16.6. The second-order valence-corrected chi connectivity index (χ2v) is 7.72. The summed E-state index contributed by atoms with van der Waals surface area (Å²) in [7, 11) is 0. The Balaban J connectivity index is 1.64. The van der Waals surface area contributed by atoms with Gasteiger partial charge in [-0.1, -0.05) is 34.1 Å². The second-order valence-electron chi connectivity index (χ2n) is 6.81. The number of aryl methyl sites for hydroxylation is 2. The maximum atomic E-state index is 12.0. The molecule has 0 aliphatic rings. The van der Waals surface area contributed by atoms with E-state index in [1.54, 1.807) is 12.1 Å². The highest BCUT2D eigenvalue weighted by molar-refractivity contribution is 9.10. The summed E-state index contributed by atoms with van der Waals surface area (Å²) in [5.41, 5.74) is 7.42. The van der Waals surface area contributed by atoms with Gasteiger partial charge < -0.3 is 5.11 Å². The summed E-state index contributed by atoms with van der Waals surface area (Å²) in [6.07, 6.45) is 1.59. The lowest BCUT2D eigenvalue weighted by Crippen LogP contribution is -2.19. The Kier molecular flexibility index (Phi) is 7.08. The van der Waals surface area contributed by atoms with Crippen LogP contribution >= 0.6 is 15.9 Å². The highest BCUT2D eigenvalue weighted by Crippen LogP contribution is 2.25. The largest absolute Gasteiger partial charge is 0.507 e. The van der Waals surface area contributed by atoms with Crippen molar-refractivity contribution in [3.63, 3.8) is 0 Å². The summed E-state index contributed by atoms with van der Waals surface area (Å²) < 4.78 is 0.953. The van der Waals surface area contributed by atoms with Crippen molar-refractivity contribution in [1.29, 1.82) is 0 Å². The van der Waals surface area contributed by atoms with Crippen LogP contribution in [0.2, 0.25) is 0 Å². The van der Waals surface area contributed by atoms with Crippen LogP contribution in [-0.2, 0) is 11.2 Å². The SMILES string of the molecule is Cc1ccc(N=Nc2ccc(O)c(/C=N/NC(=O)Cc3ccc(Br)cc3)c2)cc1C. The number of azo groups is 1. The fourth-order valence-electron chi connectivity index (χ4n) is 2.61. The summed E-state index contributed by atoms with van der Waals surface area (Å²) in [6, 6.07) is 18.2. The first kappa shape index (κ1) is 21.4. The number of aromatic hydroxyl groups is 1. The number of nitrogens with one attached hydrogen (secondary N) is 1. The van der Waals surface area contributed by atoms with Gasteiger partial charge in [0.05, 0.1) is 24.0 Å². The van der Waals surface area contributed by atoms with Crippen LogP contribution in [-0.4, -0.2) is 17.2 Å². The predicted molar refractivity (Wildman–Crippen MR) is 122 cm³/mol. The molecule has 152 valence electrons. The summed E-state index contributed by atoms with van der Waals surface area (Å²) >= 11 is 3.36. The molecule has 0 saturated heterocycles. The van der Waals surface area contributed by atoms with Crippen LogP contribution in [0.4, 0.5) is 11.4 Å². The third-order valence-corrected chi connectivity index (χ3v) is 4.98. The maximum Gasteiger partial charge on any atom is 0.244 e. The van der Waals surface area contributed by atoms with E-state index in [4.69, 9.17) is 0 Å². The van der Waals surface area contributed by atoms with Gasteiger partial charge in [-0.2, -0.15) is 15.3 Å². The van der Waals surface area contributed by atoms with Crippen molar-refractivity contribution in [2.75, 3.05) is 0 Å². The van der Waals surface area contributed by atoms with E-state index in [1.165, 1.54) is 17.8 Å². The van der Waals surface area contributed by atoms with Crippen LogP contribution < -0.4 is 5.43 Å². The van der Waals surface area contributed by atoms with Crippen LogP contribution in [0.1, 0.15) is 22.3 Å². The zero-order chi connectivity index (χ0) is 21.5. The normalized spacial score (nSPS) is 11.3. The summed E-state index contributed by atoms with van der Waals surface area (Å²) in [4.78, 5) is 12.0. The number of benzene rings is 3. The number of nitrogens with zero attached hydrogens (tertiary/aromatic N) is 3. The number of hydrazone groups is 1. The van der Waals surface area contributed by atoms with E-state index in [1.807, 2.05) is 56.3 Å². The lowest BCUT2D eigenvalue weighted by Gasteiger charge is -2.02. The first-order valence-corrected chi connectivity index (χ1v) is 10.1. The topological polar surface area (TPSA) is 86.4 Å². The molecule has 6 nitrogen and oxygen atoms in total. The molecule has 2 N–H and O–H groups in total. The smallest absolute Gasteiger partial charge is 0.244 e. The van der Waals surface area contributed by atoms with Gasteiger partial charge in [-0.15, -0.1) is 0 Å². The molecule has 1 amide bonds. The van der Waals surface area contributed by atoms with Gasteiger partial charge in [0.1, 0.15) is 5.75 Å². The highest BCUT2D eigenvalue weighted by Gasteiger charge is 2.04. The highest BCUT2D eigenvalue weighted by atomic mass is 79.9. The van der Waals surface area contributed by atoms with Gasteiger partial charge in [-0.3, -0.25) is 4.79 Å². The number of rotatable bonds is 6. The van der Waals surface area contributed by atoms with Gasteiger partial charge in [0.25, 0.3) is 0 Å². The van der Waals surface area contributed by atoms with Gasteiger partial charge >= 0.3 is 0 Å². The molecule has 0 radical (unpaired) electrons. The second kappa shape index (κ2) is 9.93. The van der Waals surface area contributed by atoms with E-state index in [9.17, 15) is 9.90 Å². The summed E-state index contributed by atoms with van der Waals surface area (Å²) in [6.45, 7) is 4.06. The Hall–Kier alpha value is -3.32. The van der Waals surface area contributed by atoms with Crippen molar-refractivity contribution < 1.29 is 9.90 Å². The Morgan fingerprint density at radius 3 is 2.33 bits per heavy atom. The number of carbonyl (C=O) groups excluding carboxylic acids is 1. The number of amides is 1.